The molecule has 3 aliphatic heterocycles. The summed E-state index contributed by atoms with van der Waals surface area (Å²) < 4.78 is 28.5. The summed E-state index contributed by atoms with van der Waals surface area (Å²) in [6.45, 7) is 5.43. The summed E-state index contributed by atoms with van der Waals surface area (Å²) in [7, 11) is -4.09. The van der Waals surface area contributed by atoms with Crippen LogP contribution in [-0.2, 0) is 19.6 Å². The fourth-order valence-electron chi connectivity index (χ4n) is 5.95. The van der Waals surface area contributed by atoms with Crippen molar-refractivity contribution in [1.29, 1.82) is 0 Å². The number of carbonyl (C=O) groups excluding carboxylic acids is 2. The molecular formula is C28H35N3O4S. The van der Waals surface area contributed by atoms with Gasteiger partial charge in [0.2, 0.25) is 11.8 Å². The summed E-state index contributed by atoms with van der Waals surface area (Å²) in [6.07, 6.45) is 7.96. The van der Waals surface area contributed by atoms with E-state index in [1.165, 1.54) is 19.3 Å². The molecule has 0 N–H and O–H groups in total. The zero-order chi connectivity index (χ0) is 25.3. The van der Waals surface area contributed by atoms with Crippen molar-refractivity contribution < 1.29 is 18.0 Å². The first kappa shape index (κ1) is 25.0. The van der Waals surface area contributed by atoms with Gasteiger partial charge in [0.25, 0.3) is 10.0 Å². The van der Waals surface area contributed by atoms with Gasteiger partial charge in [-0.2, -0.15) is 0 Å². The van der Waals surface area contributed by atoms with Crippen molar-refractivity contribution in [1.82, 2.24) is 14.1 Å². The molecule has 8 heteroatoms. The van der Waals surface area contributed by atoms with Crippen LogP contribution in [0.2, 0.25) is 0 Å². The number of hydrogen-bond donors (Lipinski definition) is 0. The van der Waals surface area contributed by atoms with E-state index >= 15 is 0 Å². The minimum atomic E-state index is -4.09. The van der Waals surface area contributed by atoms with E-state index < -0.39 is 27.9 Å². The number of sulfonamides is 1. The van der Waals surface area contributed by atoms with Crippen LogP contribution in [-0.4, -0.2) is 66.6 Å². The molecule has 0 unspecified atom stereocenters. The first-order valence-electron chi connectivity index (χ1n) is 13.2. The minimum Gasteiger partial charge on any atom is -0.330 e. The van der Waals surface area contributed by atoms with Crippen LogP contribution in [0.15, 0.2) is 59.1 Å². The molecule has 2 saturated heterocycles. The number of fused-ring (bicyclic) bond motifs is 2. The molecule has 2 fully saturated rings. The molecule has 2 atom stereocenters. The summed E-state index contributed by atoms with van der Waals surface area (Å²) in [6, 6.07) is 12.0. The van der Waals surface area contributed by atoms with Gasteiger partial charge in [-0.05, 0) is 74.3 Å². The zero-order valence-corrected chi connectivity index (χ0v) is 21.8. The molecule has 2 aromatic rings. The number of benzene rings is 2. The number of carbonyl (C=O) groups is 2. The van der Waals surface area contributed by atoms with Crippen molar-refractivity contribution in [2.24, 2.45) is 5.92 Å². The number of hydrogen-bond acceptors (Lipinski definition) is 5. The fraction of sp³-hybridized carbons (Fsp3) is 0.500. The summed E-state index contributed by atoms with van der Waals surface area (Å²) in [5, 5.41) is 1.74. The Balaban J connectivity index is 1.36. The second-order valence-electron chi connectivity index (χ2n) is 10.1. The third-order valence-electron chi connectivity index (χ3n) is 7.76. The number of nitrogens with zero attached hydrogens (tertiary/aromatic N) is 3. The van der Waals surface area contributed by atoms with Crippen LogP contribution in [0, 0.1) is 5.92 Å². The summed E-state index contributed by atoms with van der Waals surface area (Å²) in [5.74, 6) is -0.959. The van der Waals surface area contributed by atoms with Crippen LogP contribution in [0.4, 0.5) is 0 Å². The van der Waals surface area contributed by atoms with E-state index in [0.717, 1.165) is 47.6 Å². The molecule has 5 rings (SSSR count). The van der Waals surface area contributed by atoms with Gasteiger partial charge in [-0.15, -0.1) is 0 Å². The second kappa shape index (κ2) is 10.3. The van der Waals surface area contributed by atoms with E-state index in [0.29, 0.717) is 25.1 Å². The van der Waals surface area contributed by atoms with Gasteiger partial charge >= 0.3 is 0 Å². The van der Waals surface area contributed by atoms with Crippen LogP contribution in [0.3, 0.4) is 0 Å². The number of piperidine rings is 1. The molecule has 3 heterocycles. The molecular weight excluding hydrogens is 474 g/mol. The fourth-order valence-corrected chi connectivity index (χ4v) is 7.50. The van der Waals surface area contributed by atoms with Crippen molar-refractivity contribution in [2.75, 3.05) is 26.2 Å². The van der Waals surface area contributed by atoms with E-state index in [4.69, 9.17) is 0 Å². The molecule has 0 aromatic heterocycles. The molecule has 0 spiro atoms. The van der Waals surface area contributed by atoms with Gasteiger partial charge in [0.15, 0.2) is 0 Å². The highest BCUT2D eigenvalue weighted by atomic mass is 32.2. The smallest absolute Gasteiger partial charge is 0.270 e. The van der Waals surface area contributed by atoms with E-state index in [-0.39, 0.29) is 10.8 Å². The molecule has 0 saturated carbocycles. The average Bonchev–Trinajstić information content (AvgIpc) is 3.42. The SMILES string of the molecule is CCC[C@H]1C(=O)N(S(=O)(=O)c2ccc3ccccc3c2)C2=CCN(C(=O)CCCN3CCCCC3)[C@@H]21. The lowest BCUT2D eigenvalue weighted by molar-refractivity contribution is -0.133. The Bertz CT molecular complexity index is 1280. The monoisotopic (exact) mass is 509 g/mol. The van der Waals surface area contributed by atoms with Crippen molar-refractivity contribution in [3.63, 3.8) is 0 Å². The zero-order valence-electron chi connectivity index (χ0n) is 20.9. The third kappa shape index (κ3) is 4.57. The molecule has 7 nitrogen and oxygen atoms in total. The highest BCUT2D eigenvalue weighted by Crippen LogP contribution is 2.42. The van der Waals surface area contributed by atoms with Gasteiger partial charge in [0, 0.05) is 13.0 Å². The Morgan fingerprint density at radius 3 is 2.53 bits per heavy atom. The topological polar surface area (TPSA) is 78.0 Å². The lowest BCUT2D eigenvalue weighted by Crippen LogP contribution is -2.41. The average molecular weight is 510 g/mol. The predicted octanol–water partition coefficient (Wildman–Crippen LogP) is 4.15. The van der Waals surface area contributed by atoms with E-state index in [1.54, 1.807) is 29.2 Å². The Morgan fingerprint density at radius 2 is 1.78 bits per heavy atom. The first-order valence-corrected chi connectivity index (χ1v) is 14.7. The normalized spacial score (nSPS) is 22.8. The number of rotatable bonds is 8. The van der Waals surface area contributed by atoms with Crippen LogP contribution in [0.5, 0.6) is 0 Å². The first-order chi connectivity index (χ1) is 17.4. The van der Waals surface area contributed by atoms with E-state index in [2.05, 4.69) is 4.90 Å². The molecule has 36 heavy (non-hydrogen) atoms. The molecule has 2 amide bonds. The molecule has 192 valence electrons. The summed E-state index contributed by atoms with van der Waals surface area (Å²) >= 11 is 0. The molecule has 2 aromatic carbocycles. The Hall–Kier alpha value is -2.71. The Morgan fingerprint density at radius 1 is 1.03 bits per heavy atom. The van der Waals surface area contributed by atoms with Crippen molar-refractivity contribution in [3.05, 3.63) is 54.2 Å². The molecule has 0 aliphatic carbocycles. The van der Waals surface area contributed by atoms with Gasteiger partial charge in [-0.3, -0.25) is 9.59 Å². The standard InChI is InChI=1S/C28H35N3O4S/c1-2-9-24-27-25(15-19-30(27)26(32)12-8-18-29-16-6-3-7-17-29)31(28(24)33)36(34,35)23-14-13-21-10-4-5-11-22(21)20-23/h4-5,10-11,13-15,20,24,27H,2-3,6-9,12,16-19H2,1H3/t24-,27-/m1/s1. The Kier molecular flexibility index (Phi) is 7.17. The van der Waals surface area contributed by atoms with E-state index in [1.807, 2.05) is 31.2 Å². The van der Waals surface area contributed by atoms with Crippen LogP contribution >= 0.6 is 0 Å². The highest BCUT2D eigenvalue weighted by molar-refractivity contribution is 7.89. The van der Waals surface area contributed by atoms with Crippen LogP contribution < -0.4 is 0 Å². The highest BCUT2D eigenvalue weighted by Gasteiger charge is 2.54. The molecule has 3 aliphatic rings. The van der Waals surface area contributed by atoms with E-state index in [9.17, 15) is 18.0 Å². The second-order valence-corrected chi connectivity index (χ2v) is 11.9. The van der Waals surface area contributed by atoms with Crippen molar-refractivity contribution in [2.45, 2.75) is 62.8 Å². The van der Waals surface area contributed by atoms with Crippen LogP contribution in [0.1, 0.15) is 51.9 Å². The lowest BCUT2D eigenvalue weighted by atomic mass is 9.96. The lowest BCUT2D eigenvalue weighted by Gasteiger charge is -2.28. The molecule has 0 radical (unpaired) electrons. The number of amides is 2. The van der Waals surface area contributed by atoms with Gasteiger partial charge in [0.05, 0.1) is 22.6 Å². The van der Waals surface area contributed by atoms with Gasteiger partial charge in [-0.1, -0.05) is 50.1 Å². The maximum absolute atomic E-state index is 13.8. The van der Waals surface area contributed by atoms with Gasteiger partial charge in [0.1, 0.15) is 0 Å². The minimum absolute atomic E-state index is 0.00196. The predicted molar refractivity (Wildman–Crippen MR) is 139 cm³/mol. The summed E-state index contributed by atoms with van der Waals surface area (Å²) in [5.41, 5.74) is 0.441. The molecule has 0 bridgehead atoms. The van der Waals surface area contributed by atoms with Crippen LogP contribution in [0.25, 0.3) is 10.8 Å². The maximum atomic E-state index is 13.8. The quantitative estimate of drug-likeness (QED) is 0.534. The van der Waals surface area contributed by atoms with Gasteiger partial charge < -0.3 is 9.80 Å². The van der Waals surface area contributed by atoms with Gasteiger partial charge in [-0.25, -0.2) is 12.7 Å². The largest absolute Gasteiger partial charge is 0.330 e. The van der Waals surface area contributed by atoms with Crippen molar-refractivity contribution >= 4 is 32.6 Å². The summed E-state index contributed by atoms with van der Waals surface area (Å²) in [4.78, 5) is 31.0. The third-order valence-corrected chi connectivity index (χ3v) is 9.48. The van der Waals surface area contributed by atoms with Crippen molar-refractivity contribution in [3.8, 4) is 0 Å². The maximum Gasteiger partial charge on any atom is 0.270 e. The Labute approximate surface area is 213 Å². The number of likely N-dealkylation sites (tertiary alicyclic amines) is 1.